The molecule has 0 amide bonds. The van der Waals surface area contributed by atoms with Gasteiger partial charge < -0.3 is 50.2 Å². The molecule has 0 aromatic carbocycles. The summed E-state index contributed by atoms with van der Waals surface area (Å²) in [4.78, 5) is 61.8. The normalized spacial score (nSPS) is 21.1. The molecule has 1 aromatic heterocycles. The van der Waals surface area contributed by atoms with E-state index in [9.17, 15) is 53.7 Å². The highest BCUT2D eigenvalue weighted by atomic mass is 31.3. The summed E-state index contributed by atoms with van der Waals surface area (Å²) in [6.45, 7) is 4.02. The van der Waals surface area contributed by atoms with Gasteiger partial charge in [0.05, 0.1) is 25.4 Å². The number of aromatic nitrogens is 2. The van der Waals surface area contributed by atoms with E-state index in [1.807, 2.05) is 37.3 Å². The molecule has 0 saturated carbocycles. The third kappa shape index (κ3) is 29.4. The number of unbranched alkanes of at least 4 members (excludes halogenated alkanes) is 8. The molecule has 402 valence electrons. The average Bonchev–Trinajstić information content (AvgIpc) is 3.59. The summed E-state index contributed by atoms with van der Waals surface area (Å²) in [6.07, 6.45) is 26.5. The molecule has 10 atom stereocenters. The van der Waals surface area contributed by atoms with Gasteiger partial charge in [0, 0.05) is 19.0 Å². The molecule has 1 saturated heterocycles. The van der Waals surface area contributed by atoms with E-state index in [4.69, 9.17) is 29.0 Å². The third-order valence-corrected chi connectivity index (χ3v) is 13.6. The molecule has 0 bridgehead atoms. The first kappa shape index (κ1) is 63.2. The topological polar surface area (TPSA) is 306 Å². The maximum Gasteiger partial charge on any atom is 0.481 e. The number of rotatable bonds is 38. The van der Waals surface area contributed by atoms with Crippen LogP contribution >= 0.6 is 15.6 Å². The zero-order valence-electron chi connectivity index (χ0n) is 41.4. The number of ether oxygens (including phenoxy) is 3. The standard InChI is InChI=1S/C49H79N3O17P2/c1-4-6-19-27-39(53)28-21-15-11-9-12-16-22-29-40(54)30-23-18-25-31-44(55)64-35-41(67-45(56)32-24-17-13-8-7-10-14-20-26-38(3)5-2)36-65-70(60,61)69-71(62,63)66-37-42-46(57)47(58)48(68-42)52-34-33-43(50)51-49(52)59/h6,11-12,15-16,19,21-23,28-30,33-34,38-42,46-48,53-54,57-58H,4-5,7-10,13-14,17-18,20,24-27,31-32,35-37H2,1-3H3,(H,60,61)(H,62,63)(H2,50,51,59)/b15-11-,16-12-,19-6-,28-21+,29-22+,30-23-/t38?,39-,40-,41-,42-,46-,47-,48-/m1/s1. The number of aliphatic hydroxyl groups excluding tert-OH is 4. The van der Waals surface area contributed by atoms with Crippen LogP contribution in [0, 0.1) is 5.92 Å². The molecule has 71 heavy (non-hydrogen) atoms. The lowest BCUT2D eigenvalue weighted by Crippen LogP contribution is -2.36. The number of allylic oxidation sites excluding steroid dienone is 8. The summed E-state index contributed by atoms with van der Waals surface area (Å²) in [7, 11) is -10.9. The molecule has 0 aliphatic carbocycles. The molecule has 0 radical (unpaired) electrons. The van der Waals surface area contributed by atoms with E-state index in [1.165, 1.54) is 31.7 Å². The van der Waals surface area contributed by atoms with E-state index >= 15 is 0 Å². The van der Waals surface area contributed by atoms with Crippen molar-refractivity contribution in [2.45, 2.75) is 173 Å². The van der Waals surface area contributed by atoms with Gasteiger partial charge in [-0.25, -0.2) is 13.9 Å². The van der Waals surface area contributed by atoms with E-state index in [1.54, 1.807) is 42.5 Å². The molecule has 1 aliphatic heterocycles. The van der Waals surface area contributed by atoms with E-state index in [0.29, 0.717) is 32.1 Å². The lowest BCUT2D eigenvalue weighted by Gasteiger charge is -2.21. The molecular formula is C49H79N3O17P2. The fourth-order valence-corrected chi connectivity index (χ4v) is 8.90. The zero-order valence-corrected chi connectivity index (χ0v) is 43.2. The van der Waals surface area contributed by atoms with Crippen LogP contribution in [0.4, 0.5) is 5.82 Å². The highest BCUT2D eigenvalue weighted by Gasteiger charge is 2.46. The van der Waals surface area contributed by atoms with Gasteiger partial charge in [-0.05, 0) is 50.5 Å². The van der Waals surface area contributed by atoms with Crippen molar-refractivity contribution in [2.24, 2.45) is 5.92 Å². The zero-order chi connectivity index (χ0) is 52.5. The Morgan fingerprint density at radius 3 is 2.14 bits per heavy atom. The first-order valence-electron chi connectivity index (χ1n) is 24.6. The van der Waals surface area contributed by atoms with Crippen LogP contribution in [0.2, 0.25) is 0 Å². The predicted molar refractivity (Wildman–Crippen MR) is 268 cm³/mol. The largest absolute Gasteiger partial charge is 0.481 e. The number of nitrogens with zero attached hydrogens (tertiary/aromatic N) is 2. The highest BCUT2D eigenvalue weighted by molar-refractivity contribution is 7.61. The number of anilines is 1. The Labute approximate surface area is 418 Å². The first-order chi connectivity index (χ1) is 33.9. The van der Waals surface area contributed by atoms with Gasteiger partial charge >= 0.3 is 33.3 Å². The van der Waals surface area contributed by atoms with Crippen molar-refractivity contribution in [1.29, 1.82) is 0 Å². The summed E-state index contributed by atoms with van der Waals surface area (Å²) < 4.78 is 56.5. The summed E-state index contributed by atoms with van der Waals surface area (Å²) >= 11 is 0. The smallest absolute Gasteiger partial charge is 0.462 e. The number of phosphoric ester groups is 2. The molecule has 1 aliphatic rings. The van der Waals surface area contributed by atoms with Crippen molar-refractivity contribution in [3.63, 3.8) is 0 Å². The van der Waals surface area contributed by atoms with Gasteiger partial charge in [-0.2, -0.15) is 9.29 Å². The van der Waals surface area contributed by atoms with E-state index in [-0.39, 0.29) is 18.7 Å². The SMILES string of the molecule is CC/C=C\C[C@@H](O)/C=C/C=C\C/C=C\C=C\[C@@H](O)/C=C\CCCC(=O)OC[C@H](COP(=O)(O)OP(=O)(O)OC[C@H]1O[C@@H](n2ccc(N)nc2=O)[C@H](O)[C@@H]1O)OC(=O)CCCCCCCCCCC(C)CC. The molecule has 20 nitrogen and oxygen atoms in total. The molecule has 1 fully saturated rings. The first-order valence-corrected chi connectivity index (χ1v) is 27.6. The summed E-state index contributed by atoms with van der Waals surface area (Å²) in [6, 6.07) is 1.23. The van der Waals surface area contributed by atoms with Crippen LogP contribution in [0.25, 0.3) is 0 Å². The number of esters is 2. The minimum absolute atomic E-state index is 0.00348. The Morgan fingerprint density at radius 2 is 1.46 bits per heavy atom. The number of nitrogens with two attached hydrogens (primary N) is 1. The lowest BCUT2D eigenvalue weighted by atomic mass is 9.99. The second-order valence-electron chi connectivity index (χ2n) is 17.2. The number of hydrogen-bond donors (Lipinski definition) is 7. The molecular weight excluding hydrogens is 964 g/mol. The van der Waals surface area contributed by atoms with Crippen LogP contribution in [0.5, 0.6) is 0 Å². The monoisotopic (exact) mass is 1040 g/mol. The van der Waals surface area contributed by atoms with Gasteiger partial charge in [-0.15, -0.1) is 0 Å². The Bertz CT molecular complexity index is 2020. The van der Waals surface area contributed by atoms with Crippen molar-refractivity contribution < 1.29 is 76.5 Å². The predicted octanol–water partition coefficient (Wildman–Crippen LogP) is 7.52. The number of phosphoric acid groups is 2. The van der Waals surface area contributed by atoms with Crippen LogP contribution < -0.4 is 11.4 Å². The van der Waals surface area contributed by atoms with Gasteiger partial charge in [0.25, 0.3) is 0 Å². The van der Waals surface area contributed by atoms with Gasteiger partial charge in [0.1, 0.15) is 30.7 Å². The van der Waals surface area contributed by atoms with Crippen LogP contribution in [0.3, 0.4) is 0 Å². The maximum absolute atomic E-state index is 12.8. The van der Waals surface area contributed by atoms with Crippen molar-refractivity contribution in [3.8, 4) is 0 Å². The van der Waals surface area contributed by atoms with Crippen molar-refractivity contribution >= 4 is 33.4 Å². The number of aliphatic hydroxyl groups is 4. The van der Waals surface area contributed by atoms with Gasteiger partial charge in [0.2, 0.25) is 0 Å². The molecule has 0 spiro atoms. The molecule has 1 aromatic rings. The average molecular weight is 1040 g/mol. The van der Waals surface area contributed by atoms with Crippen LogP contribution in [-0.2, 0) is 46.3 Å². The van der Waals surface area contributed by atoms with Crippen molar-refractivity contribution in [2.75, 3.05) is 25.6 Å². The van der Waals surface area contributed by atoms with E-state index in [0.717, 1.165) is 55.2 Å². The molecule has 8 N–H and O–H groups in total. The van der Waals surface area contributed by atoms with Crippen LogP contribution in [0.15, 0.2) is 90.0 Å². The molecule has 2 rings (SSSR count). The van der Waals surface area contributed by atoms with Gasteiger partial charge in [0.15, 0.2) is 12.3 Å². The Kier molecular flexibility index (Phi) is 32.2. The minimum Gasteiger partial charge on any atom is -0.462 e. The summed E-state index contributed by atoms with van der Waals surface area (Å²) in [5.41, 5.74) is 4.56. The van der Waals surface area contributed by atoms with E-state index in [2.05, 4.69) is 23.1 Å². The Morgan fingerprint density at radius 1 is 0.817 bits per heavy atom. The third-order valence-electron chi connectivity index (χ3n) is 11.0. The molecule has 3 unspecified atom stereocenters. The number of nitrogen functional groups attached to an aromatic ring is 1. The quantitative estimate of drug-likeness (QED) is 0.0111. The van der Waals surface area contributed by atoms with Crippen molar-refractivity contribution in [1.82, 2.24) is 9.55 Å². The highest BCUT2D eigenvalue weighted by Crippen LogP contribution is 2.60. The van der Waals surface area contributed by atoms with E-state index < -0.39 is 95.9 Å². The van der Waals surface area contributed by atoms with Crippen LogP contribution in [-0.4, -0.2) is 108 Å². The minimum atomic E-state index is -5.46. The Hall–Kier alpha value is -3.88. The maximum atomic E-state index is 12.8. The van der Waals surface area contributed by atoms with Crippen LogP contribution in [0.1, 0.15) is 136 Å². The second-order valence-corrected chi connectivity index (χ2v) is 20.3. The summed E-state index contributed by atoms with van der Waals surface area (Å²) in [5, 5.41) is 41.0. The number of carbonyl (C=O) groups is 2. The fourth-order valence-electron chi connectivity index (χ4n) is 6.79. The number of carbonyl (C=O) groups excluding carboxylic acids is 2. The molecule has 22 heteroatoms. The van der Waals surface area contributed by atoms with Gasteiger partial charge in [-0.1, -0.05) is 151 Å². The molecule has 2 heterocycles. The lowest BCUT2D eigenvalue weighted by molar-refractivity contribution is -0.161. The van der Waals surface area contributed by atoms with Gasteiger partial charge in [-0.3, -0.25) is 23.2 Å². The summed E-state index contributed by atoms with van der Waals surface area (Å²) in [5.74, 6) is -0.756. The number of hydrogen-bond acceptors (Lipinski definition) is 17. The fraction of sp³-hybridized carbons (Fsp3) is 0.633. The van der Waals surface area contributed by atoms with Crippen molar-refractivity contribution in [3.05, 3.63) is 95.7 Å². The second kappa shape index (κ2) is 36.1. The Balaban J connectivity index is 1.87.